The van der Waals surface area contributed by atoms with Gasteiger partial charge in [-0.3, -0.25) is 4.79 Å². The number of amides is 1. The number of rotatable bonds is 8. The molecule has 0 radical (unpaired) electrons. The van der Waals surface area contributed by atoms with Crippen LogP contribution in [0, 0.1) is 0 Å². The van der Waals surface area contributed by atoms with Gasteiger partial charge in [0.1, 0.15) is 5.75 Å². The van der Waals surface area contributed by atoms with Crippen LogP contribution in [0.15, 0.2) is 24.3 Å². The summed E-state index contributed by atoms with van der Waals surface area (Å²) in [6.45, 7) is 0.331. The summed E-state index contributed by atoms with van der Waals surface area (Å²) in [5.41, 5.74) is 0.484. The van der Waals surface area contributed by atoms with Crippen molar-refractivity contribution in [3.63, 3.8) is 0 Å². The van der Waals surface area contributed by atoms with Crippen molar-refractivity contribution in [2.45, 2.75) is 12.8 Å². The van der Waals surface area contributed by atoms with Crippen LogP contribution in [-0.2, 0) is 9.59 Å². The molecule has 6 nitrogen and oxygen atoms in total. The van der Waals surface area contributed by atoms with E-state index in [-0.39, 0.29) is 5.91 Å². The SMILES string of the molecule is CNCCCC(=O)Nc1ccccc1OCC(=O)O. The molecule has 0 heterocycles. The molecular formula is C13H18N2O4. The Hall–Kier alpha value is -2.08. The lowest BCUT2D eigenvalue weighted by Crippen LogP contribution is -2.16. The van der Waals surface area contributed by atoms with Crippen molar-refractivity contribution in [2.75, 3.05) is 25.5 Å². The third-order valence-electron chi connectivity index (χ3n) is 2.34. The first kappa shape index (κ1) is 15.0. The number of anilines is 1. The van der Waals surface area contributed by atoms with Gasteiger partial charge in [-0.1, -0.05) is 12.1 Å². The van der Waals surface area contributed by atoms with Crippen LogP contribution >= 0.6 is 0 Å². The second-order valence-corrected chi connectivity index (χ2v) is 3.93. The van der Waals surface area contributed by atoms with Crippen molar-refractivity contribution in [1.29, 1.82) is 0 Å². The molecule has 1 aromatic rings. The minimum Gasteiger partial charge on any atom is -0.480 e. The third-order valence-corrected chi connectivity index (χ3v) is 2.34. The minimum absolute atomic E-state index is 0.123. The Labute approximate surface area is 111 Å². The first-order chi connectivity index (χ1) is 9.13. The molecule has 19 heavy (non-hydrogen) atoms. The highest BCUT2D eigenvalue weighted by Gasteiger charge is 2.08. The van der Waals surface area contributed by atoms with Gasteiger partial charge in [-0.15, -0.1) is 0 Å². The van der Waals surface area contributed by atoms with Gasteiger partial charge in [0.25, 0.3) is 0 Å². The number of hydrogen-bond acceptors (Lipinski definition) is 4. The Morgan fingerprint density at radius 3 is 2.74 bits per heavy atom. The van der Waals surface area contributed by atoms with E-state index in [2.05, 4.69) is 10.6 Å². The predicted octanol–water partition coefficient (Wildman–Crippen LogP) is 1.09. The number of carbonyl (C=O) groups is 2. The van der Waals surface area contributed by atoms with Crippen molar-refractivity contribution >= 4 is 17.6 Å². The highest BCUT2D eigenvalue weighted by Crippen LogP contribution is 2.23. The van der Waals surface area contributed by atoms with Gasteiger partial charge in [0.05, 0.1) is 5.69 Å². The fourth-order valence-electron chi connectivity index (χ4n) is 1.47. The van der Waals surface area contributed by atoms with Crippen LogP contribution in [0.1, 0.15) is 12.8 Å². The largest absolute Gasteiger partial charge is 0.480 e. The molecule has 104 valence electrons. The molecule has 1 amide bonds. The highest BCUT2D eigenvalue weighted by atomic mass is 16.5. The summed E-state index contributed by atoms with van der Waals surface area (Å²) in [5, 5.41) is 14.2. The zero-order valence-corrected chi connectivity index (χ0v) is 10.8. The molecule has 0 atom stereocenters. The smallest absolute Gasteiger partial charge is 0.341 e. The standard InChI is InChI=1S/C13H18N2O4/c1-14-8-4-7-12(16)15-10-5-2-3-6-11(10)19-9-13(17)18/h2-3,5-6,14H,4,7-9H2,1H3,(H,15,16)(H,17,18). The summed E-state index contributed by atoms with van der Waals surface area (Å²) in [7, 11) is 1.83. The van der Waals surface area contributed by atoms with Crippen molar-refractivity contribution in [1.82, 2.24) is 5.32 Å². The number of carboxylic acid groups (broad SMARTS) is 1. The molecule has 0 saturated heterocycles. The lowest BCUT2D eigenvalue weighted by molar-refractivity contribution is -0.139. The maximum Gasteiger partial charge on any atom is 0.341 e. The molecule has 0 aromatic heterocycles. The molecule has 0 saturated carbocycles. The van der Waals surface area contributed by atoms with Gasteiger partial charge in [0.2, 0.25) is 5.91 Å². The van der Waals surface area contributed by atoms with Gasteiger partial charge in [0, 0.05) is 6.42 Å². The van der Waals surface area contributed by atoms with E-state index in [0.29, 0.717) is 17.9 Å². The van der Waals surface area contributed by atoms with Gasteiger partial charge in [0.15, 0.2) is 6.61 Å². The molecule has 0 aliphatic rings. The Bertz CT molecular complexity index is 434. The van der Waals surface area contributed by atoms with E-state index < -0.39 is 12.6 Å². The normalized spacial score (nSPS) is 9.95. The minimum atomic E-state index is -1.06. The van der Waals surface area contributed by atoms with E-state index in [9.17, 15) is 9.59 Å². The van der Waals surface area contributed by atoms with Crippen LogP contribution in [0.3, 0.4) is 0 Å². The molecule has 1 aromatic carbocycles. The second-order valence-electron chi connectivity index (χ2n) is 3.93. The molecule has 0 aliphatic carbocycles. The molecule has 0 spiro atoms. The number of benzene rings is 1. The number of carbonyl (C=O) groups excluding carboxylic acids is 1. The van der Waals surface area contributed by atoms with Crippen LogP contribution in [0.4, 0.5) is 5.69 Å². The Balaban J connectivity index is 2.56. The Kier molecular flexibility index (Phi) is 6.38. The number of nitrogens with one attached hydrogen (secondary N) is 2. The van der Waals surface area contributed by atoms with Gasteiger partial charge >= 0.3 is 5.97 Å². The van der Waals surface area contributed by atoms with Crippen LogP contribution in [0.5, 0.6) is 5.75 Å². The summed E-state index contributed by atoms with van der Waals surface area (Å²) >= 11 is 0. The number of para-hydroxylation sites is 2. The van der Waals surface area contributed by atoms with Crippen LogP contribution in [0.25, 0.3) is 0 Å². The van der Waals surface area contributed by atoms with Crippen LogP contribution in [0.2, 0.25) is 0 Å². The van der Waals surface area contributed by atoms with Gasteiger partial charge in [-0.2, -0.15) is 0 Å². The van der Waals surface area contributed by atoms with E-state index in [1.165, 1.54) is 0 Å². The molecule has 0 aliphatic heterocycles. The highest BCUT2D eigenvalue weighted by molar-refractivity contribution is 5.92. The topological polar surface area (TPSA) is 87.7 Å². The average Bonchev–Trinajstić information content (AvgIpc) is 2.38. The maximum atomic E-state index is 11.7. The van der Waals surface area contributed by atoms with Gasteiger partial charge in [-0.05, 0) is 32.1 Å². The van der Waals surface area contributed by atoms with E-state index in [0.717, 1.165) is 13.0 Å². The summed E-state index contributed by atoms with van der Waals surface area (Å²) in [5.74, 6) is -0.830. The van der Waals surface area contributed by atoms with Gasteiger partial charge in [-0.25, -0.2) is 4.79 Å². The first-order valence-corrected chi connectivity index (χ1v) is 6.01. The van der Waals surface area contributed by atoms with Crippen LogP contribution in [-0.4, -0.2) is 37.2 Å². The molecule has 0 unspecified atom stereocenters. The molecular weight excluding hydrogens is 248 g/mol. The van der Waals surface area contributed by atoms with E-state index >= 15 is 0 Å². The second kappa shape index (κ2) is 8.10. The van der Waals surface area contributed by atoms with Crippen molar-refractivity contribution in [2.24, 2.45) is 0 Å². The zero-order valence-electron chi connectivity index (χ0n) is 10.8. The average molecular weight is 266 g/mol. The van der Waals surface area contributed by atoms with E-state index in [1.807, 2.05) is 7.05 Å². The number of hydrogen-bond donors (Lipinski definition) is 3. The van der Waals surface area contributed by atoms with Crippen molar-refractivity contribution in [3.8, 4) is 5.75 Å². The van der Waals surface area contributed by atoms with Gasteiger partial charge < -0.3 is 20.5 Å². The number of ether oxygens (including phenoxy) is 1. The monoisotopic (exact) mass is 266 g/mol. The molecule has 1 rings (SSSR count). The Morgan fingerprint density at radius 2 is 2.05 bits per heavy atom. The zero-order chi connectivity index (χ0) is 14.1. The van der Waals surface area contributed by atoms with Crippen molar-refractivity contribution < 1.29 is 19.4 Å². The summed E-state index contributed by atoms with van der Waals surface area (Å²) < 4.78 is 5.10. The fourth-order valence-corrected chi connectivity index (χ4v) is 1.47. The van der Waals surface area contributed by atoms with E-state index in [1.54, 1.807) is 24.3 Å². The predicted molar refractivity (Wildman–Crippen MR) is 71.4 cm³/mol. The Morgan fingerprint density at radius 1 is 1.32 bits per heavy atom. The summed E-state index contributed by atoms with van der Waals surface area (Å²) in [6.07, 6.45) is 1.13. The molecule has 0 fully saturated rings. The van der Waals surface area contributed by atoms with Crippen LogP contribution < -0.4 is 15.4 Å². The lowest BCUT2D eigenvalue weighted by atomic mass is 10.2. The lowest BCUT2D eigenvalue weighted by Gasteiger charge is -2.11. The fraction of sp³-hybridized carbons (Fsp3) is 0.385. The summed E-state index contributed by atoms with van der Waals surface area (Å²) in [6, 6.07) is 6.75. The quantitative estimate of drug-likeness (QED) is 0.613. The molecule has 0 bridgehead atoms. The number of aliphatic carboxylic acids is 1. The number of carboxylic acids is 1. The molecule has 3 N–H and O–H groups in total. The first-order valence-electron chi connectivity index (χ1n) is 6.01. The summed E-state index contributed by atoms with van der Waals surface area (Å²) in [4.78, 5) is 22.1. The van der Waals surface area contributed by atoms with E-state index in [4.69, 9.17) is 9.84 Å². The maximum absolute atomic E-state index is 11.7. The molecule has 6 heteroatoms. The third kappa shape index (κ3) is 5.87. The van der Waals surface area contributed by atoms with Crippen molar-refractivity contribution in [3.05, 3.63) is 24.3 Å².